The molecule has 0 bridgehead atoms. The number of imide groups is 1. The minimum Gasteiger partial charge on any atom is -0.490 e. The van der Waals surface area contributed by atoms with Crippen LogP contribution in [0.2, 0.25) is 5.02 Å². The molecular formula is C24H23ClN2O4S. The topological polar surface area (TPSA) is 79.6 Å². The van der Waals surface area contributed by atoms with Gasteiger partial charge in [-0.15, -0.1) is 0 Å². The van der Waals surface area contributed by atoms with E-state index in [1.54, 1.807) is 42.5 Å². The Labute approximate surface area is 196 Å². The Hall–Kier alpha value is -2.95. The molecule has 2 amide bonds. The van der Waals surface area contributed by atoms with Crippen molar-refractivity contribution in [3.63, 3.8) is 0 Å². The number of nitrogens with zero attached hydrogens (tertiary/aromatic N) is 2. The van der Waals surface area contributed by atoms with Crippen LogP contribution >= 0.6 is 23.4 Å². The quantitative estimate of drug-likeness (QED) is 0.438. The third kappa shape index (κ3) is 5.26. The van der Waals surface area contributed by atoms with Crippen LogP contribution in [0.4, 0.5) is 4.79 Å². The fourth-order valence-electron chi connectivity index (χ4n) is 3.06. The van der Waals surface area contributed by atoms with E-state index in [9.17, 15) is 14.9 Å². The van der Waals surface area contributed by atoms with Gasteiger partial charge in [0, 0.05) is 0 Å². The molecule has 0 aliphatic carbocycles. The van der Waals surface area contributed by atoms with Gasteiger partial charge in [0.2, 0.25) is 0 Å². The molecule has 0 aromatic heterocycles. The SMILES string of the molecule is CCOc1cc(/C=C2/SC(=O)N(Cc3ccccc3C#N)C2=O)cc(Cl)c1O[C@H](C)CC. The van der Waals surface area contributed by atoms with Crippen molar-refractivity contribution in [2.75, 3.05) is 6.61 Å². The maximum absolute atomic E-state index is 12.9. The molecule has 1 fully saturated rings. The van der Waals surface area contributed by atoms with Gasteiger partial charge in [-0.25, -0.2) is 0 Å². The Morgan fingerprint density at radius 1 is 1.25 bits per heavy atom. The molecule has 1 heterocycles. The molecule has 1 aliphatic heterocycles. The third-order valence-corrected chi connectivity index (χ3v) is 6.05. The van der Waals surface area contributed by atoms with E-state index in [0.717, 1.165) is 23.1 Å². The zero-order chi connectivity index (χ0) is 23.3. The number of halogens is 1. The Balaban J connectivity index is 1.89. The molecule has 32 heavy (non-hydrogen) atoms. The summed E-state index contributed by atoms with van der Waals surface area (Å²) in [5, 5.41) is 9.25. The van der Waals surface area contributed by atoms with Gasteiger partial charge in [0.1, 0.15) is 0 Å². The lowest BCUT2D eigenvalue weighted by Crippen LogP contribution is -2.27. The normalized spacial score (nSPS) is 15.7. The van der Waals surface area contributed by atoms with Gasteiger partial charge in [-0.1, -0.05) is 36.7 Å². The van der Waals surface area contributed by atoms with Crippen LogP contribution in [0.3, 0.4) is 0 Å². The molecule has 0 unspecified atom stereocenters. The van der Waals surface area contributed by atoms with Crippen molar-refractivity contribution in [1.82, 2.24) is 4.90 Å². The van der Waals surface area contributed by atoms with E-state index in [1.165, 1.54) is 0 Å². The van der Waals surface area contributed by atoms with Gasteiger partial charge in [0.05, 0.1) is 40.8 Å². The van der Waals surface area contributed by atoms with E-state index in [2.05, 4.69) is 6.07 Å². The zero-order valence-electron chi connectivity index (χ0n) is 18.1. The summed E-state index contributed by atoms with van der Waals surface area (Å²) in [6, 6.07) is 12.4. The molecule has 6 nitrogen and oxygen atoms in total. The van der Waals surface area contributed by atoms with Crippen LogP contribution in [0, 0.1) is 11.3 Å². The Morgan fingerprint density at radius 2 is 2.00 bits per heavy atom. The van der Waals surface area contributed by atoms with Crippen LogP contribution in [-0.2, 0) is 11.3 Å². The lowest BCUT2D eigenvalue weighted by atomic mass is 10.1. The molecule has 0 N–H and O–H groups in total. The van der Waals surface area contributed by atoms with Gasteiger partial charge < -0.3 is 9.47 Å². The van der Waals surface area contributed by atoms with Crippen molar-refractivity contribution in [2.45, 2.75) is 39.8 Å². The van der Waals surface area contributed by atoms with E-state index < -0.39 is 5.91 Å². The second-order valence-corrected chi connectivity index (χ2v) is 8.54. The number of carbonyl (C=O) groups is 2. The Kier molecular flexibility index (Phi) is 7.84. The van der Waals surface area contributed by atoms with Gasteiger partial charge in [-0.2, -0.15) is 5.26 Å². The maximum Gasteiger partial charge on any atom is 0.293 e. The highest BCUT2D eigenvalue weighted by Crippen LogP contribution is 2.40. The number of benzene rings is 2. The number of thioether (sulfide) groups is 1. The lowest BCUT2D eigenvalue weighted by molar-refractivity contribution is -0.123. The standard InChI is InChI=1S/C24H23ClN2O4S/c1-4-15(3)31-22-19(25)10-16(11-20(22)30-5-2)12-21-23(28)27(24(29)32-21)14-18-9-7-6-8-17(18)13-26/h6-12,15H,4-5,14H2,1-3H3/b21-12+/t15-/m1/s1. The van der Waals surface area contributed by atoms with Gasteiger partial charge >= 0.3 is 0 Å². The van der Waals surface area contributed by atoms with E-state index in [0.29, 0.717) is 39.8 Å². The fourth-order valence-corrected chi connectivity index (χ4v) is 4.16. The Morgan fingerprint density at radius 3 is 2.69 bits per heavy atom. The highest BCUT2D eigenvalue weighted by molar-refractivity contribution is 8.18. The summed E-state index contributed by atoms with van der Waals surface area (Å²) in [6.07, 6.45) is 2.39. The number of amides is 2. The van der Waals surface area contributed by atoms with Crippen LogP contribution in [0.5, 0.6) is 11.5 Å². The first-order valence-corrected chi connectivity index (χ1v) is 11.4. The van der Waals surface area contributed by atoms with Crippen molar-refractivity contribution in [3.05, 3.63) is 63.0 Å². The predicted molar refractivity (Wildman–Crippen MR) is 126 cm³/mol. The molecule has 1 atom stereocenters. The van der Waals surface area contributed by atoms with E-state index >= 15 is 0 Å². The highest BCUT2D eigenvalue weighted by atomic mass is 35.5. The van der Waals surface area contributed by atoms with Crippen molar-refractivity contribution < 1.29 is 19.1 Å². The monoisotopic (exact) mass is 470 g/mol. The second kappa shape index (κ2) is 10.6. The first-order chi connectivity index (χ1) is 15.4. The fraction of sp³-hybridized carbons (Fsp3) is 0.292. The first kappa shape index (κ1) is 23.7. The largest absolute Gasteiger partial charge is 0.490 e. The smallest absolute Gasteiger partial charge is 0.293 e. The van der Waals surface area contributed by atoms with Crippen molar-refractivity contribution in [3.8, 4) is 17.6 Å². The molecule has 0 radical (unpaired) electrons. The second-order valence-electron chi connectivity index (χ2n) is 7.14. The lowest BCUT2D eigenvalue weighted by Gasteiger charge is -2.18. The summed E-state index contributed by atoms with van der Waals surface area (Å²) in [6.45, 7) is 6.28. The minimum absolute atomic E-state index is 0.0367. The molecule has 0 spiro atoms. The molecule has 2 aromatic carbocycles. The average molecular weight is 471 g/mol. The highest BCUT2D eigenvalue weighted by Gasteiger charge is 2.35. The third-order valence-electron chi connectivity index (χ3n) is 4.86. The molecule has 1 aliphatic rings. The predicted octanol–water partition coefficient (Wildman–Crippen LogP) is 6.02. The summed E-state index contributed by atoms with van der Waals surface area (Å²) in [4.78, 5) is 26.8. The first-order valence-electron chi connectivity index (χ1n) is 10.2. The summed E-state index contributed by atoms with van der Waals surface area (Å²) in [5.41, 5.74) is 1.67. The molecule has 166 valence electrons. The van der Waals surface area contributed by atoms with Crippen LogP contribution in [0.25, 0.3) is 6.08 Å². The molecule has 2 aromatic rings. The number of hydrogen-bond acceptors (Lipinski definition) is 6. The van der Waals surface area contributed by atoms with Crippen LogP contribution in [0.15, 0.2) is 41.3 Å². The number of hydrogen-bond donors (Lipinski definition) is 0. The Bertz CT molecular complexity index is 1110. The van der Waals surface area contributed by atoms with Crippen LogP contribution in [-0.4, -0.2) is 28.8 Å². The molecule has 3 rings (SSSR count). The number of rotatable bonds is 8. The molecule has 1 saturated heterocycles. The van der Waals surface area contributed by atoms with Gasteiger partial charge in [-0.3, -0.25) is 14.5 Å². The molecule has 8 heteroatoms. The zero-order valence-corrected chi connectivity index (χ0v) is 19.6. The number of carbonyl (C=O) groups excluding carboxylic acids is 2. The number of nitriles is 1. The van der Waals surface area contributed by atoms with Crippen LogP contribution in [0.1, 0.15) is 43.9 Å². The van der Waals surface area contributed by atoms with Crippen molar-refractivity contribution in [1.29, 1.82) is 5.26 Å². The summed E-state index contributed by atoms with van der Waals surface area (Å²) < 4.78 is 11.6. The van der Waals surface area contributed by atoms with Gasteiger partial charge in [-0.05, 0) is 67.4 Å². The van der Waals surface area contributed by atoms with Crippen molar-refractivity contribution >= 4 is 40.6 Å². The minimum atomic E-state index is -0.415. The maximum atomic E-state index is 12.9. The average Bonchev–Trinajstić information content (AvgIpc) is 3.03. The summed E-state index contributed by atoms with van der Waals surface area (Å²) in [5.74, 6) is 0.525. The number of ether oxygens (including phenoxy) is 2. The van der Waals surface area contributed by atoms with Gasteiger partial charge in [0.15, 0.2) is 11.5 Å². The van der Waals surface area contributed by atoms with E-state index in [-0.39, 0.29) is 22.8 Å². The summed E-state index contributed by atoms with van der Waals surface area (Å²) >= 11 is 7.31. The van der Waals surface area contributed by atoms with E-state index in [1.807, 2.05) is 20.8 Å². The molecule has 0 saturated carbocycles. The van der Waals surface area contributed by atoms with Gasteiger partial charge in [0.25, 0.3) is 11.1 Å². The molecular weight excluding hydrogens is 448 g/mol. The summed E-state index contributed by atoms with van der Waals surface area (Å²) in [7, 11) is 0. The van der Waals surface area contributed by atoms with Crippen molar-refractivity contribution in [2.24, 2.45) is 0 Å². The van der Waals surface area contributed by atoms with E-state index in [4.69, 9.17) is 21.1 Å². The van der Waals surface area contributed by atoms with Crippen LogP contribution < -0.4 is 9.47 Å².